The number of hydrogen-bond donors (Lipinski definition) is 1. The fraction of sp³-hybridized carbons (Fsp3) is 0.190. The molecule has 0 atom stereocenters. The number of benzene rings is 1. The zero-order valence-corrected chi connectivity index (χ0v) is 17.2. The highest BCUT2D eigenvalue weighted by molar-refractivity contribution is 9.10. The fourth-order valence-corrected chi connectivity index (χ4v) is 3.78. The Morgan fingerprint density at radius 3 is 2.62 bits per heavy atom. The molecule has 0 aliphatic carbocycles. The maximum atomic E-state index is 5.43. The van der Waals surface area contributed by atoms with E-state index in [1.54, 1.807) is 18.6 Å². The SMILES string of the molecule is Brc1cnc2c(Nc3ccc(N4CCOCC4)cc3)nc(-c3cccnc3)cn12. The number of hydrogen-bond acceptors (Lipinski definition) is 6. The molecular formula is C21H19BrN6O. The molecule has 5 rings (SSSR count). The first-order chi connectivity index (χ1) is 14.3. The van der Waals surface area contributed by atoms with E-state index in [0.717, 1.165) is 53.5 Å². The van der Waals surface area contributed by atoms with Gasteiger partial charge in [0.2, 0.25) is 0 Å². The molecule has 8 heteroatoms. The van der Waals surface area contributed by atoms with Crippen LogP contribution in [0.15, 0.2) is 65.8 Å². The second kappa shape index (κ2) is 7.81. The number of pyridine rings is 1. The number of fused-ring (bicyclic) bond motifs is 1. The molecule has 146 valence electrons. The van der Waals surface area contributed by atoms with Crippen LogP contribution in [0.3, 0.4) is 0 Å². The van der Waals surface area contributed by atoms with Crippen LogP contribution in [0.5, 0.6) is 0 Å². The van der Waals surface area contributed by atoms with Crippen molar-refractivity contribution < 1.29 is 4.74 Å². The quantitative estimate of drug-likeness (QED) is 0.503. The number of halogens is 1. The van der Waals surface area contributed by atoms with E-state index in [4.69, 9.17) is 9.72 Å². The minimum absolute atomic E-state index is 0.691. The van der Waals surface area contributed by atoms with Gasteiger partial charge in [-0.2, -0.15) is 0 Å². The normalized spacial score (nSPS) is 14.3. The molecule has 1 aromatic carbocycles. The molecule has 0 unspecified atom stereocenters. The number of aromatic nitrogens is 4. The zero-order valence-electron chi connectivity index (χ0n) is 15.6. The predicted octanol–water partition coefficient (Wildman–Crippen LogP) is 4.13. The minimum Gasteiger partial charge on any atom is -0.378 e. The van der Waals surface area contributed by atoms with Crippen LogP contribution in [-0.4, -0.2) is 45.7 Å². The molecule has 1 fully saturated rings. The van der Waals surface area contributed by atoms with Crippen molar-refractivity contribution in [1.82, 2.24) is 19.4 Å². The first kappa shape index (κ1) is 18.1. The Hall–Kier alpha value is -2.97. The van der Waals surface area contributed by atoms with Gasteiger partial charge in [-0.25, -0.2) is 9.97 Å². The highest BCUT2D eigenvalue weighted by atomic mass is 79.9. The number of anilines is 3. The van der Waals surface area contributed by atoms with Crippen LogP contribution in [0.1, 0.15) is 0 Å². The molecule has 1 aliphatic rings. The van der Waals surface area contributed by atoms with Crippen molar-refractivity contribution in [2.75, 3.05) is 36.5 Å². The van der Waals surface area contributed by atoms with Gasteiger partial charge in [-0.15, -0.1) is 0 Å². The molecule has 0 spiro atoms. The van der Waals surface area contributed by atoms with Crippen LogP contribution in [0.2, 0.25) is 0 Å². The van der Waals surface area contributed by atoms with E-state index < -0.39 is 0 Å². The van der Waals surface area contributed by atoms with Crippen molar-refractivity contribution in [2.45, 2.75) is 0 Å². The first-order valence-electron chi connectivity index (χ1n) is 9.42. The van der Waals surface area contributed by atoms with Gasteiger partial charge in [-0.05, 0) is 52.3 Å². The van der Waals surface area contributed by atoms with Crippen molar-refractivity contribution in [3.63, 3.8) is 0 Å². The number of imidazole rings is 1. The van der Waals surface area contributed by atoms with Crippen molar-refractivity contribution in [1.29, 1.82) is 0 Å². The highest BCUT2D eigenvalue weighted by Gasteiger charge is 2.14. The lowest BCUT2D eigenvalue weighted by molar-refractivity contribution is 0.122. The molecule has 0 saturated carbocycles. The average molecular weight is 451 g/mol. The smallest absolute Gasteiger partial charge is 0.181 e. The molecule has 3 aromatic heterocycles. The van der Waals surface area contributed by atoms with Crippen molar-refractivity contribution in [3.05, 3.63) is 65.8 Å². The Bertz CT molecular complexity index is 1120. The summed E-state index contributed by atoms with van der Waals surface area (Å²) < 4.78 is 8.27. The molecule has 4 aromatic rings. The maximum absolute atomic E-state index is 5.43. The van der Waals surface area contributed by atoms with Crippen molar-refractivity contribution in [3.8, 4) is 11.3 Å². The zero-order chi connectivity index (χ0) is 19.6. The van der Waals surface area contributed by atoms with Gasteiger partial charge >= 0.3 is 0 Å². The summed E-state index contributed by atoms with van der Waals surface area (Å²) in [6, 6.07) is 12.3. The Morgan fingerprint density at radius 2 is 1.86 bits per heavy atom. The van der Waals surface area contributed by atoms with Crippen LogP contribution in [0.4, 0.5) is 17.2 Å². The lowest BCUT2D eigenvalue weighted by atomic mass is 10.2. The Labute approximate surface area is 176 Å². The van der Waals surface area contributed by atoms with Crippen LogP contribution in [0, 0.1) is 0 Å². The Kier molecular flexibility index (Phi) is 4.87. The largest absolute Gasteiger partial charge is 0.378 e. The Balaban J connectivity index is 1.48. The Morgan fingerprint density at radius 1 is 1.03 bits per heavy atom. The molecular weight excluding hydrogens is 432 g/mol. The average Bonchev–Trinajstić information content (AvgIpc) is 3.16. The third kappa shape index (κ3) is 3.68. The molecule has 7 nitrogen and oxygen atoms in total. The third-order valence-electron chi connectivity index (χ3n) is 4.91. The molecule has 1 N–H and O–H groups in total. The van der Waals surface area contributed by atoms with Gasteiger partial charge in [-0.1, -0.05) is 0 Å². The number of morpholine rings is 1. The standard InChI is InChI=1S/C21H19BrN6O/c22-19-13-24-21-20(26-18(14-28(19)21)15-2-1-7-23-12-15)25-16-3-5-17(6-4-16)27-8-10-29-11-9-27/h1-7,12-14H,8-11H2,(H,25,26). The lowest BCUT2D eigenvalue weighted by Crippen LogP contribution is -2.36. The molecule has 1 saturated heterocycles. The summed E-state index contributed by atoms with van der Waals surface area (Å²) in [5.74, 6) is 0.691. The van der Waals surface area contributed by atoms with Gasteiger partial charge in [0, 0.05) is 48.6 Å². The summed E-state index contributed by atoms with van der Waals surface area (Å²) in [5, 5.41) is 3.42. The van der Waals surface area contributed by atoms with E-state index in [-0.39, 0.29) is 0 Å². The van der Waals surface area contributed by atoms with E-state index in [1.165, 1.54) is 5.69 Å². The first-order valence-corrected chi connectivity index (χ1v) is 10.2. The van der Waals surface area contributed by atoms with Gasteiger partial charge in [0.25, 0.3) is 0 Å². The van der Waals surface area contributed by atoms with Gasteiger partial charge in [0.1, 0.15) is 4.60 Å². The van der Waals surface area contributed by atoms with Gasteiger partial charge in [0.15, 0.2) is 11.5 Å². The molecule has 0 radical (unpaired) electrons. The number of nitrogens with zero attached hydrogens (tertiary/aromatic N) is 5. The molecule has 4 heterocycles. The molecule has 1 aliphatic heterocycles. The van der Waals surface area contributed by atoms with E-state index in [2.05, 4.69) is 60.4 Å². The summed E-state index contributed by atoms with van der Waals surface area (Å²) in [5.41, 5.74) is 4.67. The predicted molar refractivity (Wildman–Crippen MR) is 117 cm³/mol. The number of rotatable bonds is 4. The lowest BCUT2D eigenvalue weighted by Gasteiger charge is -2.28. The monoisotopic (exact) mass is 450 g/mol. The van der Waals surface area contributed by atoms with Crippen LogP contribution in [-0.2, 0) is 4.74 Å². The minimum atomic E-state index is 0.691. The van der Waals surface area contributed by atoms with Gasteiger partial charge in [-0.3, -0.25) is 9.38 Å². The molecule has 0 amide bonds. The van der Waals surface area contributed by atoms with E-state index in [9.17, 15) is 0 Å². The van der Waals surface area contributed by atoms with Crippen LogP contribution in [0.25, 0.3) is 16.9 Å². The molecule has 0 bridgehead atoms. The van der Waals surface area contributed by atoms with Crippen molar-refractivity contribution >= 4 is 38.8 Å². The van der Waals surface area contributed by atoms with Crippen molar-refractivity contribution in [2.24, 2.45) is 0 Å². The second-order valence-electron chi connectivity index (χ2n) is 6.76. The van der Waals surface area contributed by atoms with Crippen LogP contribution < -0.4 is 10.2 Å². The topological polar surface area (TPSA) is 67.6 Å². The number of nitrogens with one attached hydrogen (secondary N) is 1. The second-order valence-corrected chi connectivity index (χ2v) is 7.57. The van der Waals surface area contributed by atoms with Gasteiger partial charge < -0.3 is 15.0 Å². The fourth-order valence-electron chi connectivity index (χ4n) is 3.41. The van der Waals surface area contributed by atoms with E-state index in [1.807, 2.05) is 22.7 Å². The van der Waals surface area contributed by atoms with E-state index in [0.29, 0.717) is 5.82 Å². The summed E-state index contributed by atoms with van der Waals surface area (Å²) in [4.78, 5) is 15.8. The highest BCUT2D eigenvalue weighted by Crippen LogP contribution is 2.27. The molecule has 29 heavy (non-hydrogen) atoms. The summed E-state index contributed by atoms with van der Waals surface area (Å²) in [7, 11) is 0. The summed E-state index contributed by atoms with van der Waals surface area (Å²) >= 11 is 3.56. The van der Waals surface area contributed by atoms with Gasteiger partial charge in [0.05, 0.1) is 25.1 Å². The van der Waals surface area contributed by atoms with Crippen LogP contribution >= 0.6 is 15.9 Å². The number of ether oxygens (including phenoxy) is 1. The maximum Gasteiger partial charge on any atom is 0.181 e. The summed E-state index contributed by atoms with van der Waals surface area (Å²) in [6.07, 6.45) is 7.29. The third-order valence-corrected chi connectivity index (χ3v) is 5.50. The van der Waals surface area contributed by atoms with E-state index >= 15 is 0 Å². The summed E-state index contributed by atoms with van der Waals surface area (Å²) in [6.45, 7) is 3.39.